The zero-order valence-electron chi connectivity index (χ0n) is 21.4. The van der Waals surface area contributed by atoms with Crippen LogP contribution in [0.15, 0.2) is 60.7 Å². The summed E-state index contributed by atoms with van der Waals surface area (Å²) in [6, 6.07) is 20.2. The first kappa shape index (κ1) is 25.9. The van der Waals surface area contributed by atoms with Gasteiger partial charge in [0.05, 0.1) is 14.2 Å². The Morgan fingerprint density at radius 2 is 1.81 bits per heavy atom. The van der Waals surface area contributed by atoms with Gasteiger partial charge in [0, 0.05) is 55.0 Å². The van der Waals surface area contributed by atoms with Crippen molar-refractivity contribution in [2.24, 2.45) is 0 Å². The van der Waals surface area contributed by atoms with E-state index in [2.05, 4.69) is 52.4 Å². The van der Waals surface area contributed by atoms with Crippen molar-refractivity contribution in [1.82, 2.24) is 10.2 Å². The van der Waals surface area contributed by atoms with Gasteiger partial charge in [0.25, 0.3) is 5.91 Å². The molecule has 0 bridgehead atoms. The number of carbonyl (C=O) groups is 1. The highest BCUT2D eigenvalue weighted by Crippen LogP contribution is 2.29. The lowest BCUT2D eigenvalue weighted by atomic mass is 10.1. The number of halogens is 1. The van der Waals surface area contributed by atoms with Gasteiger partial charge in [-0.1, -0.05) is 41.9 Å². The maximum Gasteiger partial charge on any atom is 0.251 e. The fourth-order valence-corrected chi connectivity index (χ4v) is 5.01. The number of carbonyl (C=O) groups excluding carboxylic acids is 1. The Morgan fingerprint density at radius 1 is 1.03 bits per heavy atom. The van der Waals surface area contributed by atoms with Gasteiger partial charge in [-0.2, -0.15) is 0 Å². The summed E-state index contributed by atoms with van der Waals surface area (Å²) < 4.78 is 10.8. The van der Waals surface area contributed by atoms with E-state index in [-0.39, 0.29) is 5.91 Å². The minimum absolute atomic E-state index is 0.113. The van der Waals surface area contributed by atoms with Crippen LogP contribution in [0, 0.1) is 6.92 Å². The molecule has 36 heavy (non-hydrogen) atoms. The predicted octanol–water partition coefficient (Wildman–Crippen LogP) is 5.31. The molecule has 1 amide bonds. The van der Waals surface area contributed by atoms with Gasteiger partial charge in [0.2, 0.25) is 0 Å². The third kappa shape index (κ3) is 5.77. The Balaban J connectivity index is 1.41. The Hall–Kier alpha value is -3.22. The van der Waals surface area contributed by atoms with E-state index in [9.17, 15) is 4.79 Å². The molecule has 0 spiro atoms. The molecular formula is C29H34ClN3O3. The Kier molecular flexibility index (Phi) is 8.39. The van der Waals surface area contributed by atoms with E-state index in [1.807, 2.05) is 25.1 Å². The molecule has 6 nitrogen and oxygen atoms in total. The molecule has 1 fully saturated rings. The quantitative estimate of drug-likeness (QED) is 0.448. The van der Waals surface area contributed by atoms with E-state index < -0.39 is 0 Å². The number of nitrogens with one attached hydrogen (secondary N) is 1. The summed E-state index contributed by atoms with van der Waals surface area (Å²) in [5.41, 5.74) is 4.87. The fourth-order valence-electron chi connectivity index (χ4n) is 4.84. The minimum atomic E-state index is -0.113. The maximum absolute atomic E-state index is 12.8. The average Bonchev–Trinajstić information content (AvgIpc) is 2.89. The van der Waals surface area contributed by atoms with Gasteiger partial charge in [-0.25, -0.2) is 0 Å². The molecule has 1 heterocycles. The molecule has 3 aromatic carbocycles. The van der Waals surface area contributed by atoms with Crippen LogP contribution in [-0.4, -0.2) is 50.7 Å². The summed E-state index contributed by atoms with van der Waals surface area (Å²) in [7, 11) is 3.32. The van der Waals surface area contributed by atoms with E-state index in [1.54, 1.807) is 26.4 Å². The van der Waals surface area contributed by atoms with Crippen LogP contribution in [0.2, 0.25) is 5.02 Å². The molecule has 3 aromatic rings. The molecule has 0 radical (unpaired) electrons. The summed E-state index contributed by atoms with van der Waals surface area (Å²) in [5.74, 6) is 1.39. The maximum atomic E-state index is 12.8. The van der Waals surface area contributed by atoms with Crippen LogP contribution in [0.3, 0.4) is 0 Å². The van der Waals surface area contributed by atoms with Gasteiger partial charge in [-0.05, 0) is 60.9 Å². The Morgan fingerprint density at radius 3 is 2.56 bits per heavy atom. The molecule has 7 heteroatoms. The van der Waals surface area contributed by atoms with E-state index in [4.69, 9.17) is 21.1 Å². The van der Waals surface area contributed by atoms with Crippen LogP contribution in [0.4, 0.5) is 5.69 Å². The van der Waals surface area contributed by atoms with E-state index >= 15 is 0 Å². The zero-order valence-corrected chi connectivity index (χ0v) is 22.1. The molecule has 0 aliphatic carbocycles. The van der Waals surface area contributed by atoms with Crippen LogP contribution in [0.5, 0.6) is 11.5 Å². The predicted molar refractivity (Wildman–Crippen MR) is 145 cm³/mol. The summed E-state index contributed by atoms with van der Waals surface area (Å²) in [4.78, 5) is 17.7. The van der Waals surface area contributed by atoms with E-state index in [1.165, 1.54) is 11.3 Å². The van der Waals surface area contributed by atoms with Crippen LogP contribution < -0.4 is 19.7 Å². The number of rotatable bonds is 8. The van der Waals surface area contributed by atoms with Crippen molar-refractivity contribution in [3.8, 4) is 11.5 Å². The number of methoxy groups -OCH3 is 2. The highest BCUT2D eigenvalue weighted by Gasteiger charge is 2.25. The average molecular weight is 508 g/mol. The first-order chi connectivity index (χ1) is 17.4. The number of ether oxygens (including phenoxy) is 2. The number of hydrogen-bond donors (Lipinski definition) is 1. The highest BCUT2D eigenvalue weighted by molar-refractivity contribution is 6.31. The van der Waals surface area contributed by atoms with Gasteiger partial charge >= 0.3 is 0 Å². The molecule has 1 aliphatic rings. The van der Waals surface area contributed by atoms with Crippen molar-refractivity contribution in [2.45, 2.75) is 33.0 Å². The number of benzene rings is 3. The molecule has 190 valence electrons. The van der Waals surface area contributed by atoms with Gasteiger partial charge in [0.1, 0.15) is 0 Å². The third-order valence-corrected chi connectivity index (χ3v) is 7.23. The number of nitrogens with zero attached hydrogens (tertiary/aromatic N) is 2. The number of para-hydroxylation sites is 1. The fraction of sp³-hybridized carbons (Fsp3) is 0.345. The molecule has 4 rings (SSSR count). The minimum Gasteiger partial charge on any atom is -0.493 e. The number of hydrogen-bond acceptors (Lipinski definition) is 5. The second-order valence-corrected chi connectivity index (χ2v) is 9.60. The van der Waals surface area contributed by atoms with Crippen molar-refractivity contribution in [1.29, 1.82) is 0 Å². The molecule has 1 atom stereocenters. The van der Waals surface area contributed by atoms with E-state index in [0.717, 1.165) is 48.8 Å². The van der Waals surface area contributed by atoms with Crippen LogP contribution >= 0.6 is 11.6 Å². The summed E-state index contributed by atoms with van der Waals surface area (Å²) in [6.07, 6.45) is 0. The Bertz CT molecular complexity index is 1220. The van der Waals surface area contributed by atoms with Crippen molar-refractivity contribution in [3.63, 3.8) is 0 Å². The van der Waals surface area contributed by atoms with Gasteiger partial charge in [-0.3, -0.25) is 9.69 Å². The lowest BCUT2D eigenvalue weighted by Crippen LogP contribution is -2.52. The lowest BCUT2D eigenvalue weighted by molar-refractivity contribution is 0.0950. The van der Waals surface area contributed by atoms with Crippen molar-refractivity contribution in [3.05, 3.63) is 87.9 Å². The van der Waals surface area contributed by atoms with Crippen LogP contribution in [0.1, 0.15) is 34.0 Å². The molecule has 1 N–H and O–H groups in total. The molecule has 1 unspecified atom stereocenters. The third-order valence-electron chi connectivity index (χ3n) is 6.82. The summed E-state index contributed by atoms with van der Waals surface area (Å²) >= 11 is 6.21. The number of anilines is 1. The standard InChI is InChI=1S/C29H34ClN3O3/c1-20-18-32(19-22-12-13-27(35-3)28(16-22)36-4)14-15-33(20)26-11-6-5-8-23(26)17-31-29(34)24-9-7-10-25(30)21(24)2/h5-13,16,20H,14-15,17-19H2,1-4H3,(H,31,34). The first-order valence-electron chi connectivity index (χ1n) is 12.2. The molecule has 0 aromatic heterocycles. The van der Waals surface area contributed by atoms with Crippen LogP contribution in [-0.2, 0) is 13.1 Å². The molecule has 0 saturated carbocycles. The second-order valence-electron chi connectivity index (χ2n) is 9.19. The van der Waals surface area contributed by atoms with Crippen molar-refractivity contribution < 1.29 is 14.3 Å². The molecule has 1 saturated heterocycles. The number of piperazine rings is 1. The van der Waals surface area contributed by atoms with Crippen molar-refractivity contribution in [2.75, 3.05) is 38.8 Å². The summed E-state index contributed by atoms with van der Waals surface area (Å²) in [6.45, 7) is 8.24. The largest absolute Gasteiger partial charge is 0.493 e. The lowest BCUT2D eigenvalue weighted by Gasteiger charge is -2.42. The number of amides is 1. The van der Waals surface area contributed by atoms with Gasteiger partial charge in [-0.15, -0.1) is 0 Å². The Labute approximate surface area is 218 Å². The molecule has 1 aliphatic heterocycles. The zero-order chi connectivity index (χ0) is 25.7. The van der Waals surface area contributed by atoms with E-state index in [0.29, 0.717) is 23.2 Å². The SMILES string of the molecule is COc1ccc(CN2CCN(c3ccccc3CNC(=O)c3cccc(Cl)c3C)C(C)C2)cc1OC. The smallest absolute Gasteiger partial charge is 0.251 e. The molecular weight excluding hydrogens is 474 g/mol. The normalized spacial score (nSPS) is 16.0. The first-order valence-corrected chi connectivity index (χ1v) is 12.6. The van der Waals surface area contributed by atoms with Gasteiger partial charge in [0.15, 0.2) is 11.5 Å². The monoisotopic (exact) mass is 507 g/mol. The topological polar surface area (TPSA) is 54.0 Å². The van der Waals surface area contributed by atoms with Gasteiger partial charge < -0.3 is 19.7 Å². The van der Waals surface area contributed by atoms with Crippen LogP contribution in [0.25, 0.3) is 0 Å². The summed E-state index contributed by atoms with van der Waals surface area (Å²) in [5, 5.41) is 3.68. The van der Waals surface area contributed by atoms with Crippen molar-refractivity contribution >= 4 is 23.2 Å². The second kappa shape index (κ2) is 11.7. The highest BCUT2D eigenvalue weighted by atomic mass is 35.5.